The fourth-order valence-electron chi connectivity index (χ4n) is 6.51. The molecule has 0 aromatic carbocycles. The minimum atomic E-state index is -4.05. The molecule has 2 saturated carbocycles. The molecule has 2 aliphatic rings. The molecule has 0 radical (unpaired) electrons. The summed E-state index contributed by atoms with van der Waals surface area (Å²) in [5, 5.41) is 1.95. The van der Waals surface area contributed by atoms with Crippen molar-refractivity contribution in [3.8, 4) is 0 Å². The SMILES string of the molecule is CC(C)[C@H]1CC[C@@H](C)C[C@H]1OP(=O)(O[C@@H]1C[C@H](C)CC[C@@H]1C(C)C)[C@@H](OC(=O)/C=C\c1cccs1)c1cccnc1. The van der Waals surface area contributed by atoms with Gasteiger partial charge in [0.25, 0.3) is 0 Å². The maximum absolute atomic E-state index is 15.4. The van der Waals surface area contributed by atoms with Gasteiger partial charge in [-0.15, -0.1) is 11.3 Å². The highest BCUT2D eigenvalue weighted by atomic mass is 32.1. The van der Waals surface area contributed by atoms with Crippen molar-refractivity contribution < 1.29 is 23.1 Å². The van der Waals surface area contributed by atoms with E-state index in [4.69, 9.17) is 13.8 Å². The minimum Gasteiger partial charge on any atom is -0.441 e. The lowest BCUT2D eigenvalue weighted by Crippen LogP contribution is -2.37. The zero-order chi connectivity index (χ0) is 29.6. The van der Waals surface area contributed by atoms with Crippen molar-refractivity contribution in [2.24, 2.45) is 35.5 Å². The van der Waals surface area contributed by atoms with Gasteiger partial charge in [0.05, 0.1) is 12.2 Å². The minimum absolute atomic E-state index is 0.248. The molecule has 41 heavy (non-hydrogen) atoms. The molecule has 8 heteroatoms. The fraction of sp³-hybridized carbons (Fsp3) is 0.636. The van der Waals surface area contributed by atoms with Gasteiger partial charge in [-0.05, 0) is 84.8 Å². The molecular weight excluding hydrogens is 553 g/mol. The summed E-state index contributed by atoms with van der Waals surface area (Å²) >= 11 is 1.53. The van der Waals surface area contributed by atoms with Crippen LogP contribution < -0.4 is 0 Å². The smallest absolute Gasteiger partial charge is 0.376 e. The van der Waals surface area contributed by atoms with E-state index in [1.165, 1.54) is 17.4 Å². The average Bonchev–Trinajstić information content (AvgIpc) is 3.44. The molecular formula is C33H48NO5PS. The second kappa shape index (κ2) is 14.6. The summed E-state index contributed by atoms with van der Waals surface area (Å²) in [4.78, 5) is 18.5. The van der Waals surface area contributed by atoms with E-state index in [1.807, 2.05) is 17.5 Å². The summed E-state index contributed by atoms with van der Waals surface area (Å²) in [5.41, 5.74) is 0.517. The predicted molar refractivity (Wildman–Crippen MR) is 166 cm³/mol. The third-order valence-electron chi connectivity index (χ3n) is 8.90. The lowest BCUT2D eigenvalue weighted by atomic mass is 9.75. The first-order valence-corrected chi connectivity index (χ1v) is 17.8. The van der Waals surface area contributed by atoms with Gasteiger partial charge in [0.1, 0.15) is 0 Å². The van der Waals surface area contributed by atoms with Crippen LogP contribution in [-0.2, 0) is 23.1 Å². The lowest BCUT2D eigenvalue weighted by molar-refractivity contribution is -0.141. The molecule has 2 aliphatic carbocycles. The van der Waals surface area contributed by atoms with Crippen LogP contribution in [0.15, 0.2) is 48.1 Å². The van der Waals surface area contributed by atoms with Crippen LogP contribution in [-0.4, -0.2) is 23.2 Å². The van der Waals surface area contributed by atoms with Crippen molar-refractivity contribution in [1.29, 1.82) is 0 Å². The molecule has 2 aromatic rings. The van der Waals surface area contributed by atoms with Crippen LogP contribution in [0.3, 0.4) is 0 Å². The Morgan fingerprint density at radius 1 is 0.951 bits per heavy atom. The van der Waals surface area contributed by atoms with E-state index < -0.39 is 19.4 Å². The maximum atomic E-state index is 15.4. The number of nitrogens with zero attached hydrogens (tertiary/aromatic N) is 1. The van der Waals surface area contributed by atoms with Gasteiger partial charge >= 0.3 is 13.6 Å². The van der Waals surface area contributed by atoms with E-state index in [9.17, 15) is 4.79 Å². The van der Waals surface area contributed by atoms with Gasteiger partial charge in [-0.1, -0.05) is 66.5 Å². The normalized spacial score (nSPS) is 28.3. The Hall–Kier alpha value is -1.79. The van der Waals surface area contributed by atoms with Gasteiger partial charge in [-0.25, -0.2) is 4.79 Å². The molecule has 0 amide bonds. The van der Waals surface area contributed by atoms with Crippen LogP contribution in [0.5, 0.6) is 0 Å². The second-order valence-electron chi connectivity index (χ2n) is 12.9. The van der Waals surface area contributed by atoms with E-state index >= 15 is 4.57 Å². The number of aromatic nitrogens is 1. The first kappa shape index (κ1) is 32.1. The van der Waals surface area contributed by atoms with Crippen molar-refractivity contribution in [3.05, 3.63) is 58.6 Å². The average molecular weight is 602 g/mol. The number of hydrogen-bond donors (Lipinski definition) is 0. The zero-order valence-corrected chi connectivity index (χ0v) is 27.2. The Kier molecular flexibility index (Phi) is 11.4. The predicted octanol–water partition coefficient (Wildman–Crippen LogP) is 9.55. The number of ether oxygens (including phenoxy) is 1. The van der Waals surface area contributed by atoms with Gasteiger partial charge in [0, 0.05) is 28.9 Å². The van der Waals surface area contributed by atoms with Crippen LogP contribution in [0.25, 0.3) is 6.08 Å². The summed E-state index contributed by atoms with van der Waals surface area (Å²) in [5.74, 6) is 0.335. The van der Waals surface area contributed by atoms with Crippen molar-refractivity contribution in [2.45, 2.75) is 98.1 Å². The van der Waals surface area contributed by atoms with Gasteiger partial charge in [0.15, 0.2) is 0 Å². The first-order valence-electron chi connectivity index (χ1n) is 15.3. The van der Waals surface area contributed by atoms with Gasteiger partial charge < -0.3 is 13.8 Å². The lowest BCUT2D eigenvalue weighted by Gasteiger charge is -2.43. The van der Waals surface area contributed by atoms with E-state index in [0.29, 0.717) is 29.2 Å². The molecule has 0 N–H and O–H groups in total. The molecule has 0 unspecified atom stereocenters. The summed E-state index contributed by atoms with van der Waals surface area (Å²) < 4.78 is 35.0. The van der Waals surface area contributed by atoms with Gasteiger partial charge in [-0.3, -0.25) is 9.55 Å². The third kappa shape index (κ3) is 8.63. The number of thiophene rings is 1. The van der Waals surface area contributed by atoms with Crippen molar-refractivity contribution >= 4 is 31.0 Å². The molecule has 2 aromatic heterocycles. The quantitative estimate of drug-likeness (QED) is 0.145. The second-order valence-corrected chi connectivity index (χ2v) is 15.9. The number of carbonyl (C=O) groups excluding carboxylic acids is 1. The van der Waals surface area contributed by atoms with Gasteiger partial charge in [0.2, 0.25) is 5.85 Å². The van der Waals surface area contributed by atoms with E-state index in [-0.39, 0.29) is 24.0 Å². The highest BCUT2D eigenvalue weighted by molar-refractivity contribution is 7.54. The van der Waals surface area contributed by atoms with Crippen LogP contribution in [0, 0.1) is 35.5 Å². The summed E-state index contributed by atoms with van der Waals surface area (Å²) in [7, 11) is -4.05. The molecule has 2 heterocycles. The molecule has 4 rings (SSSR count). The maximum Gasteiger partial charge on any atom is 0.376 e. The van der Waals surface area contributed by atoms with E-state index in [1.54, 1.807) is 30.6 Å². The number of hydrogen-bond acceptors (Lipinski definition) is 7. The monoisotopic (exact) mass is 601 g/mol. The largest absolute Gasteiger partial charge is 0.441 e. The topological polar surface area (TPSA) is 74.7 Å². The molecule has 226 valence electrons. The molecule has 0 spiro atoms. The molecule has 0 saturated heterocycles. The summed E-state index contributed by atoms with van der Waals surface area (Å²) in [6.45, 7) is 13.3. The van der Waals surface area contributed by atoms with Crippen molar-refractivity contribution in [1.82, 2.24) is 4.98 Å². The summed E-state index contributed by atoms with van der Waals surface area (Å²) in [6.07, 6.45) is 11.7. The molecule has 2 fully saturated rings. The Morgan fingerprint density at radius 3 is 2.05 bits per heavy atom. The van der Waals surface area contributed by atoms with Crippen LogP contribution in [0.1, 0.15) is 96.4 Å². The third-order valence-corrected chi connectivity index (χ3v) is 11.8. The molecule has 6 nitrogen and oxygen atoms in total. The standard InChI is InChI=1S/C33H48NO5PS/c1-22(2)28-14-11-24(5)19-30(28)38-40(36,39-31-20-25(6)12-15-29(31)23(3)4)33(26-9-7-17-34-21-26)37-32(35)16-13-27-10-8-18-41-27/h7-10,13,16-18,21-25,28-31,33H,11-12,14-15,19-20H2,1-6H3/b16-13-/t24-,25-,28-,29-,30-,31-,33-/m1/s1. The Bertz CT molecular complexity index is 1130. The highest BCUT2D eigenvalue weighted by Crippen LogP contribution is 2.65. The molecule has 0 aliphatic heterocycles. The number of rotatable bonds is 11. The van der Waals surface area contributed by atoms with Crippen LogP contribution in [0.2, 0.25) is 0 Å². The highest BCUT2D eigenvalue weighted by Gasteiger charge is 2.48. The van der Waals surface area contributed by atoms with Crippen LogP contribution >= 0.6 is 18.9 Å². The Morgan fingerprint density at radius 2 is 1.56 bits per heavy atom. The number of pyridine rings is 1. The van der Waals surface area contributed by atoms with E-state index in [2.05, 4.69) is 46.5 Å². The Labute approximate surface area is 250 Å². The number of carbonyl (C=O) groups is 1. The van der Waals surface area contributed by atoms with Crippen molar-refractivity contribution in [2.75, 3.05) is 0 Å². The molecule has 0 bridgehead atoms. The Balaban J connectivity index is 1.73. The fourth-order valence-corrected chi connectivity index (χ4v) is 9.39. The van der Waals surface area contributed by atoms with E-state index in [0.717, 1.165) is 43.4 Å². The molecule has 7 atom stereocenters. The van der Waals surface area contributed by atoms with Gasteiger partial charge in [-0.2, -0.15) is 0 Å². The van der Waals surface area contributed by atoms with Crippen LogP contribution in [0.4, 0.5) is 0 Å². The number of esters is 1. The first-order chi connectivity index (χ1) is 19.6. The van der Waals surface area contributed by atoms with Crippen molar-refractivity contribution in [3.63, 3.8) is 0 Å². The summed E-state index contributed by atoms with van der Waals surface area (Å²) in [6, 6.07) is 7.41. The zero-order valence-electron chi connectivity index (χ0n) is 25.5.